The van der Waals surface area contributed by atoms with Crippen LogP contribution in [0.5, 0.6) is 0 Å². The lowest BCUT2D eigenvalue weighted by Crippen LogP contribution is -2.27. The third-order valence-electron chi connectivity index (χ3n) is 3.51. The fraction of sp³-hybridized carbons (Fsp3) is 0.615. The molecule has 1 aromatic heterocycles. The maximum Gasteiger partial charge on any atom is 0.419 e. The van der Waals surface area contributed by atoms with E-state index in [1.807, 2.05) is 0 Å². The van der Waals surface area contributed by atoms with E-state index >= 15 is 0 Å². The Morgan fingerprint density at radius 1 is 1.35 bits per heavy atom. The van der Waals surface area contributed by atoms with Crippen LogP contribution < -0.4 is 5.32 Å². The number of hydrogen-bond acceptors (Lipinski definition) is 2. The number of rotatable bonds is 3. The Kier molecular flexibility index (Phi) is 5.18. The summed E-state index contributed by atoms with van der Waals surface area (Å²) in [5.41, 5.74) is -0.756. The summed E-state index contributed by atoms with van der Waals surface area (Å²) < 4.78 is 39.1. The number of alkyl halides is 4. The minimum Gasteiger partial charge on any atom is -0.369 e. The van der Waals surface area contributed by atoms with Crippen LogP contribution in [0.25, 0.3) is 0 Å². The van der Waals surface area contributed by atoms with Crippen LogP contribution in [0, 0.1) is 5.92 Å². The van der Waals surface area contributed by atoms with Gasteiger partial charge in [0.2, 0.25) is 0 Å². The molecule has 0 aliphatic heterocycles. The fourth-order valence-electron chi connectivity index (χ4n) is 2.42. The van der Waals surface area contributed by atoms with Gasteiger partial charge >= 0.3 is 6.18 Å². The van der Waals surface area contributed by atoms with Gasteiger partial charge < -0.3 is 5.32 Å². The summed E-state index contributed by atoms with van der Waals surface area (Å²) in [4.78, 5) is 3.83. The zero-order valence-electron chi connectivity index (χ0n) is 10.7. The van der Waals surface area contributed by atoms with Crippen LogP contribution in [-0.4, -0.2) is 16.9 Å². The molecule has 0 radical (unpaired) electrons. The van der Waals surface area contributed by atoms with Crippen molar-refractivity contribution in [1.82, 2.24) is 4.98 Å². The van der Waals surface area contributed by atoms with E-state index in [-0.39, 0.29) is 17.1 Å². The quantitative estimate of drug-likeness (QED) is 0.750. The lowest BCUT2D eigenvalue weighted by molar-refractivity contribution is -0.137. The highest BCUT2D eigenvalue weighted by Gasteiger charge is 2.35. The van der Waals surface area contributed by atoms with Crippen LogP contribution in [0.2, 0.25) is 0 Å². The highest BCUT2D eigenvalue weighted by atomic mass is 79.9. The van der Waals surface area contributed by atoms with Gasteiger partial charge in [0, 0.05) is 22.6 Å². The molecule has 1 N–H and O–H groups in total. The van der Waals surface area contributed by atoms with Crippen LogP contribution in [-0.2, 0) is 6.18 Å². The van der Waals surface area contributed by atoms with Crippen molar-refractivity contribution in [3.8, 4) is 0 Å². The molecule has 2 rings (SSSR count). The highest BCUT2D eigenvalue weighted by molar-refractivity contribution is 9.10. The van der Waals surface area contributed by atoms with Crippen LogP contribution in [0.3, 0.4) is 0 Å². The van der Waals surface area contributed by atoms with Crippen molar-refractivity contribution in [3.63, 3.8) is 0 Å². The average molecular weight is 372 g/mol. The van der Waals surface area contributed by atoms with Gasteiger partial charge in [-0.25, -0.2) is 4.98 Å². The van der Waals surface area contributed by atoms with Crippen LogP contribution >= 0.6 is 27.5 Å². The van der Waals surface area contributed by atoms with Gasteiger partial charge in [-0.15, -0.1) is 11.6 Å². The number of nitrogens with zero attached hydrogens (tertiary/aromatic N) is 1. The number of halogens is 5. The van der Waals surface area contributed by atoms with Crippen molar-refractivity contribution in [2.24, 2.45) is 5.92 Å². The van der Waals surface area contributed by atoms with E-state index in [4.69, 9.17) is 11.6 Å². The van der Waals surface area contributed by atoms with E-state index in [2.05, 4.69) is 26.2 Å². The molecule has 2 unspecified atom stereocenters. The Morgan fingerprint density at radius 2 is 2.05 bits per heavy atom. The van der Waals surface area contributed by atoms with Crippen molar-refractivity contribution >= 4 is 33.3 Å². The summed E-state index contributed by atoms with van der Waals surface area (Å²) in [5.74, 6) is 0.0621. The molecule has 2 nitrogen and oxygen atoms in total. The van der Waals surface area contributed by atoms with Gasteiger partial charge in [-0.3, -0.25) is 0 Å². The third kappa shape index (κ3) is 4.01. The van der Waals surface area contributed by atoms with Gasteiger partial charge in [-0.1, -0.05) is 12.8 Å². The molecular formula is C13H15BrClF3N2. The van der Waals surface area contributed by atoms with E-state index in [1.54, 1.807) is 0 Å². The van der Waals surface area contributed by atoms with Crippen molar-refractivity contribution in [3.05, 3.63) is 22.3 Å². The Hall–Kier alpha value is -0.490. The second-order valence-corrected chi connectivity index (χ2v) is 6.47. The molecular weight excluding hydrogens is 357 g/mol. The molecule has 2 atom stereocenters. The van der Waals surface area contributed by atoms with E-state index < -0.39 is 11.7 Å². The number of hydrogen-bond donors (Lipinski definition) is 1. The summed E-state index contributed by atoms with van der Waals surface area (Å²) in [7, 11) is 0. The monoisotopic (exact) mass is 370 g/mol. The summed E-state index contributed by atoms with van der Waals surface area (Å²) in [6.07, 6.45) is 0.972. The summed E-state index contributed by atoms with van der Waals surface area (Å²) in [6, 6.07) is 1.04. The van der Waals surface area contributed by atoms with Gasteiger partial charge in [0.1, 0.15) is 5.82 Å². The smallest absolute Gasteiger partial charge is 0.369 e. The Balaban J connectivity index is 2.09. The Morgan fingerprint density at radius 3 is 2.70 bits per heavy atom. The van der Waals surface area contributed by atoms with E-state index in [0.717, 1.165) is 31.7 Å². The first-order valence-electron chi connectivity index (χ1n) is 6.48. The Labute approximate surface area is 129 Å². The van der Waals surface area contributed by atoms with Gasteiger partial charge in [-0.05, 0) is 40.8 Å². The summed E-state index contributed by atoms with van der Waals surface area (Å²) in [6.45, 7) is 0.422. The highest BCUT2D eigenvalue weighted by Crippen LogP contribution is 2.36. The van der Waals surface area contributed by atoms with E-state index in [0.29, 0.717) is 11.0 Å². The standard InChI is InChI=1S/C13H15BrClF3N2/c14-9-5-10(13(16,17)18)12(20-7-9)19-6-8-3-1-2-4-11(8)15/h5,7-8,11H,1-4,6H2,(H,19,20). The molecule has 0 spiro atoms. The molecule has 1 aliphatic rings. The first kappa shape index (κ1) is 15.9. The average Bonchev–Trinajstić information content (AvgIpc) is 2.38. The largest absolute Gasteiger partial charge is 0.419 e. The number of nitrogens with one attached hydrogen (secondary N) is 1. The van der Waals surface area contributed by atoms with Crippen LogP contribution in [0.4, 0.5) is 19.0 Å². The maximum atomic E-state index is 12.9. The van der Waals surface area contributed by atoms with Gasteiger partial charge in [0.25, 0.3) is 0 Å². The molecule has 1 heterocycles. The van der Waals surface area contributed by atoms with Crippen LogP contribution in [0.15, 0.2) is 16.7 Å². The van der Waals surface area contributed by atoms with E-state index in [1.165, 1.54) is 6.20 Å². The number of anilines is 1. The number of aromatic nitrogens is 1. The van der Waals surface area contributed by atoms with Crippen molar-refractivity contribution in [2.75, 3.05) is 11.9 Å². The minimum atomic E-state index is -4.42. The first-order valence-corrected chi connectivity index (χ1v) is 7.71. The predicted molar refractivity (Wildman–Crippen MR) is 77.0 cm³/mol. The zero-order chi connectivity index (χ0) is 14.8. The van der Waals surface area contributed by atoms with Crippen molar-refractivity contribution < 1.29 is 13.2 Å². The van der Waals surface area contributed by atoms with Crippen LogP contribution in [0.1, 0.15) is 31.2 Å². The molecule has 0 aromatic carbocycles. The number of pyridine rings is 1. The predicted octanol–water partition coefficient (Wildman–Crippen LogP) is 5.07. The molecule has 0 amide bonds. The molecule has 0 bridgehead atoms. The van der Waals surface area contributed by atoms with Crippen molar-refractivity contribution in [2.45, 2.75) is 37.2 Å². The molecule has 1 fully saturated rings. The molecule has 7 heteroatoms. The van der Waals surface area contributed by atoms with Gasteiger partial charge in [0.05, 0.1) is 5.56 Å². The second kappa shape index (κ2) is 6.52. The van der Waals surface area contributed by atoms with Gasteiger partial charge in [0.15, 0.2) is 0 Å². The molecule has 1 aromatic rings. The molecule has 1 aliphatic carbocycles. The lowest BCUT2D eigenvalue weighted by Gasteiger charge is -2.27. The molecule has 112 valence electrons. The third-order valence-corrected chi connectivity index (χ3v) is 4.52. The first-order chi connectivity index (χ1) is 9.38. The SMILES string of the molecule is FC(F)(F)c1cc(Br)cnc1NCC1CCCCC1Cl. The maximum absolute atomic E-state index is 12.9. The summed E-state index contributed by atoms with van der Waals surface area (Å²) in [5, 5.41) is 2.84. The fourth-order valence-corrected chi connectivity index (χ4v) is 3.12. The van der Waals surface area contributed by atoms with Gasteiger partial charge in [-0.2, -0.15) is 13.2 Å². The molecule has 1 saturated carbocycles. The Bertz CT molecular complexity index is 467. The minimum absolute atomic E-state index is 0.0287. The normalized spacial score (nSPS) is 23.6. The lowest BCUT2D eigenvalue weighted by atomic mass is 9.89. The molecule has 0 saturated heterocycles. The topological polar surface area (TPSA) is 24.9 Å². The zero-order valence-corrected chi connectivity index (χ0v) is 13.0. The second-order valence-electron chi connectivity index (χ2n) is 4.99. The van der Waals surface area contributed by atoms with Crippen molar-refractivity contribution in [1.29, 1.82) is 0 Å². The van der Waals surface area contributed by atoms with E-state index in [9.17, 15) is 13.2 Å². The summed E-state index contributed by atoms with van der Waals surface area (Å²) >= 11 is 9.23. The molecule has 20 heavy (non-hydrogen) atoms.